The number of aliphatic hydroxyl groups is 1. The van der Waals surface area contributed by atoms with Gasteiger partial charge in [0.2, 0.25) is 0 Å². The van der Waals surface area contributed by atoms with E-state index < -0.39 is 17.1 Å². The van der Waals surface area contributed by atoms with Gasteiger partial charge < -0.3 is 19.5 Å². The molecule has 19 heavy (non-hydrogen) atoms. The zero-order valence-electron chi connectivity index (χ0n) is 11.0. The van der Waals surface area contributed by atoms with Crippen molar-refractivity contribution >= 4 is 12.1 Å². The molecule has 1 N–H and O–H groups in total. The maximum Gasteiger partial charge on any atom is 0.409 e. The van der Waals surface area contributed by atoms with Gasteiger partial charge in [-0.25, -0.2) is 4.79 Å². The highest BCUT2D eigenvalue weighted by Gasteiger charge is 2.89. The van der Waals surface area contributed by atoms with Crippen LogP contribution in [0, 0.1) is 23.2 Å². The predicted octanol–water partition coefficient (Wildman–Crippen LogP) is -0.00290. The highest BCUT2D eigenvalue weighted by Crippen LogP contribution is 2.79. The highest BCUT2D eigenvalue weighted by atomic mass is 16.5. The van der Waals surface area contributed by atoms with E-state index >= 15 is 0 Å². The summed E-state index contributed by atoms with van der Waals surface area (Å²) in [6.45, 7) is 0.583. The van der Waals surface area contributed by atoms with Crippen LogP contribution in [0.25, 0.3) is 0 Å². The topological polar surface area (TPSA) is 76.1 Å². The summed E-state index contributed by atoms with van der Waals surface area (Å²) in [5.41, 5.74) is -1.46. The van der Waals surface area contributed by atoms with Crippen LogP contribution in [0.1, 0.15) is 12.8 Å². The fraction of sp³-hybridized carbons (Fsp3) is 0.846. The van der Waals surface area contributed by atoms with Crippen LogP contribution in [0.5, 0.6) is 0 Å². The van der Waals surface area contributed by atoms with Gasteiger partial charge in [-0.05, 0) is 18.8 Å². The van der Waals surface area contributed by atoms with E-state index in [9.17, 15) is 14.7 Å². The molecule has 6 nitrogen and oxygen atoms in total. The van der Waals surface area contributed by atoms with Crippen LogP contribution in [-0.2, 0) is 14.3 Å². The summed E-state index contributed by atoms with van der Waals surface area (Å²) in [6.07, 6.45) is 0.923. The molecule has 0 radical (unpaired) electrons. The van der Waals surface area contributed by atoms with Crippen molar-refractivity contribution in [3.05, 3.63) is 0 Å². The normalized spacial score (nSPS) is 52.1. The van der Waals surface area contributed by atoms with E-state index in [1.807, 2.05) is 0 Å². The number of fused-ring (bicyclic) bond motifs is 1. The van der Waals surface area contributed by atoms with Gasteiger partial charge in [0.1, 0.15) is 0 Å². The van der Waals surface area contributed by atoms with Gasteiger partial charge in [0.05, 0.1) is 31.3 Å². The first kappa shape index (κ1) is 11.5. The van der Waals surface area contributed by atoms with E-state index in [0.29, 0.717) is 13.0 Å². The minimum Gasteiger partial charge on any atom is -0.469 e. The molecule has 3 aliphatic carbocycles. The summed E-state index contributed by atoms with van der Waals surface area (Å²) in [5.74, 6) is -0.141. The quantitative estimate of drug-likeness (QED) is 0.677. The molecule has 0 unspecified atom stereocenters. The predicted molar refractivity (Wildman–Crippen MR) is 62.0 cm³/mol. The number of ether oxygens (including phenoxy) is 2. The van der Waals surface area contributed by atoms with E-state index in [0.717, 1.165) is 6.42 Å². The van der Waals surface area contributed by atoms with Crippen molar-refractivity contribution in [1.82, 2.24) is 4.90 Å². The largest absolute Gasteiger partial charge is 0.469 e. The van der Waals surface area contributed by atoms with E-state index in [1.54, 1.807) is 4.90 Å². The molecule has 104 valence electrons. The van der Waals surface area contributed by atoms with Crippen molar-refractivity contribution in [1.29, 1.82) is 0 Å². The van der Waals surface area contributed by atoms with Crippen LogP contribution in [-0.4, -0.2) is 54.5 Å². The maximum atomic E-state index is 12.2. The van der Waals surface area contributed by atoms with Crippen molar-refractivity contribution in [2.24, 2.45) is 23.2 Å². The lowest BCUT2D eigenvalue weighted by Crippen LogP contribution is -2.69. The molecule has 0 aromatic carbocycles. The number of methoxy groups -OCH3 is 2. The van der Waals surface area contributed by atoms with Gasteiger partial charge in [0.25, 0.3) is 0 Å². The zero-order valence-corrected chi connectivity index (χ0v) is 11.0. The lowest BCUT2D eigenvalue weighted by atomic mass is 9.52. The third kappa shape index (κ3) is 0.918. The molecule has 6 bridgehead atoms. The highest BCUT2D eigenvalue weighted by molar-refractivity contribution is 5.84. The first-order chi connectivity index (χ1) is 9.00. The molecule has 0 aromatic rings. The van der Waals surface area contributed by atoms with Gasteiger partial charge in [0.15, 0.2) is 0 Å². The third-order valence-electron chi connectivity index (χ3n) is 5.99. The maximum absolute atomic E-state index is 12.2. The number of carbonyl (C=O) groups is 2. The Hall–Kier alpha value is -1.30. The van der Waals surface area contributed by atoms with Gasteiger partial charge in [-0.2, -0.15) is 0 Å². The third-order valence-corrected chi connectivity index (χ3v) is 5.99. The van der Waals surface area contributed by atoms with Crippen LogP contribution in [0.2, 0.25) is 0 Å². The van der Waals surface area contributed by atoms with Crippen LogP contribution >= 0.6 is 0 Å². The van der Waals surface area contributed by atoms with E-state index in [4.69, 9.17) is 9.47 Å². The molecule has 0 spiro atoms. The molecule has 3 saturated carbocycles. The number of hydrogen-bond acceptors (Lipinski definition) is 5. The summed E-state index contributed by atoms with van der Waals surface area (Å²) < 4.78 is 9.78. The second-order valence-corrected chi connectivity index (χ2v) is 6.35. The zero-order chi connectivity index (χ0) is 13.6. The van der Waals surface area contributed by atoms with Crippen molar-refractivity contribution < 1.29 is 24.2 Å². The van der Waals surface area contributed by atoms with Crippen molar-refractivity contribution in [3.8, 4) is 0 Å². The van der Waals surface area contributed by atoms with Gasteiger partial charge in [-0.15, -0.1) is 0 Å². The van der Waals surface area contributed by atoms with Gasteiger partial charge in [-0.3, -0.25) is 4.79 Å². The molecule has 2 heterocycles. The number of amides is 1. The Kier molecular flexibility index (Phi) is 1.85. The average Bonchev–Trinajstić information content (AvgIpc) is 2.85. The second-order valence-electron chi connectivity index (χ2n) is 6.35. The molecular weight excluding hydrogens is 250 g/mol. The van der Waals surface area contributed by atoms with Crippen LogP contribution in [0.15, 0.2) is 0 Å². The molecule has 5 rings (SSSR count). The van der Waals surface area contributed by atoms with E-state index in [2.05, 4.69) is 0 Å². The summed E-state index contributed by atoms with van der Waals surface area (Å²) in [6, 6.07) is -0.257. The lowest BCUT2D eigenvalue weighted by molar-refractivity contribution is -0.204. The number of esters is 1. The minimum absolute atomic E-state index is 0.00514. The van der Waals surface area contributed by atoms with Gasteiger partial charge >= 0.3 is 12.1 Å². The summed E-state index contributed by atoms with van der Waals surface area (Å²) in [7, 11) is 2.72. The fourth-order valence-electron chi connectivity index (χ4n) is 5.77. The first-order valence-corrected chi connectivity index (χ1v) is 6.66. The van der Waals surface area contributed by atoms with Crippen molar-refractivity contribution in [2.45, 2.75) is 24.5 Å². The number of carbonyl (C=O) groups excluding carboxylic acids is 2. The summed E-state index contributed by atoms with van der Waals surface area (Å²) in [4.78, 5) is 25.8. The van der Waals surface area contributed by atoms with Gasteiger partial charge in [0, 0.05) is 18.4 Å². The molecule has 6 atom stereocenters. The standard InChI is InChI=1S/C13H17NO5/c1-18-10(15)12-5-13(17)7-3-6(8(12)13)4-14(9(7)12)11(16)19-2/h6-9,17H,3-5H2,1-2H3/t6-,7+,8+,9-,12+,13+/m1/s1. The molecule has 2 aliphatic heterocycles. The average molecular weight is 267 g/mol. The SMILES string of the molecule is COC(=O)N1C[C@H]2C[C@H]3[C@@H]1[C@]1(C(=O)OC)C[C@@]3(O)[C@@H]21. The molecule has 0 aromatic heterocycles. The molecule has 6 heteroatoms. The van der Waals surface area contributed by atoms with E-state index in [-0.39, 0.29) is 29.8 Å². The van der Waals surface area contributed by atoms with Crippen molar-refractivity contribution in [3.63, 3.8) is 0 Å². The monoisotopic (exact) mass is 267 g/mol. The minimum atomic E-state index is -0.772. The Bertz CT molecular complexity index is 493. The molecule has 2 saturated heterocycles. The molecule has 1 amide bonds. The molecule has 5 aliphatic rings. The Morgan fingerprint density at radius 1 is 1.32 bits per heavy atom. The number of nitrogens with zero attached hydrogens (tertiary/aromatic N) is 1. The first-order valence-electron chi connectivity index (χ1n) is 6.66. The van der Waals surface area contributed by atoms with Crippen LogP contribution in [0.4, 0.5) is 4.79 Å². The van der Waals surface area contributed by atoms with Gasteiger partial charge in [-0.1, -0.05) is 0 Å². The van der Waals surface area contributed by atoms with Crippen LogP contribution < -0.4 is 0 Å². The Balaban J connectivity index is 1.80. The molecule has 5 fully saturated rings. The number of piperidine rings is 2. The lowest BCUT2D eigenvalue weighted by Gasteiger charge is -2.58. The Labute approximate surface area is 110 Å². The number of rotatable bonds is 1. The van der Waals surface area contributed by atoms with Crippen molar-refractivity contribution in [2.75, 3.05) is 20.8 Å². The molecular formula is C13H17NO5. The fourth-order valence-corrected chi connectivity index (χ4v) is 5.77. The Morgan fingerprint density at radius 3 is 2.63 bits per heavy atom. The smallest absolute Gasteiger partial charge is 0.409 e. The summed E-state index contributed by atoms with van der Waals surface area (Å²) >= 11 is 0. The second kappa shape index (κ2) is 3.06. The summed E-state index contributed by atoms with van der Waals surface area (Å²) in [5, 5.41) is 10.7. The number of hydrogen-bond donors (Lipinski definition) is 1. The van der Waals surface area contributed by atoms with E-state index in [1.165, 1.54) is 14.2 Å². The Morgan fingerprint density at radius 2 is 2.05 bits per heavy atom. The van der Waals surface area contributed by atoms with Crippen LogP contribution in [0.3, 0.4) is 0 Å².